The van der Waals surface area contributed by atoms with E-state index in [1.165, 1.54) is 44.5 Å². The Morgan fingerprint density at radius 3 is 2.90 bits per heavy atom. The molecule has 2 rings (SSSR count). The first-order chi connectivity index (χ1) is 9.83. The molecule has 0 saturated carbocycles. The molecule has 0 amide bonds. The van der Waals surface area contributed by atoms with E-state index < -0.39 is 0 Å². The molecule has 0 atom stereocenters. The smallest absolute Gasteiger partial charge is 0.217 e. The van der Waals surface area contributed by atoms with E-state index in [0.29, 0.717) is 0 Å². The number of hydrogen-bond donors (Lipinski definition) is 1. The molecule has 2 heterocycles. The fourth-order valence-corrected chi connectivity index (χ4v) is 2.95. The summed E-state index contributed by atoms with van der Waals surface area (Å²) in [5.41, 5.74) is 1.19. The Balaban J connectivity index is 1.96. The fourth-order valence-electron chi connectivity index (χ4n) is 2.95. The highest BCUT2D eigenvalue weighted by Crippen LogP contribution is 2.19. The molecule has 1 saturated heterocycles. The molecule has 0 spiro atoms. The molecule has 4 nitrogen and oxygen atoms in total. The quantitative estimate of drug-likeness (QED) is 0.830. The van der Waals surface area contributed by atoms with Gasteiger partial charge in [-0.2, -0.15) is 0 Å². The van der Waals surface area contributed by atoms with E-state index >= 15 is 0 Å². The van der Waals surface area contributed by atoms with Crippen molar-refractivity contribution in [3.8, 4) is 5.88 Å². The van der Waals surface area contributed by atoms with Gasteiger partial charge in [-0.15, -0.1) is 0 Å². The van der Waals surface area contributed by atoms with Crippen LogP contribution in [0.5, 0.6) is 5.88 Å². The highest BCUT2D eigenvalue weighted by molar-refractivity contribution is 5.25. The van der Waals surface area contributed by atoms with Crippen LogP contribution >= 0.6 is 0 Å². The molecule has 1 aromatic heterocycles. The minimum Gasteiger partial charge on any atom is -0.481 e. The van der Waals surface area contributed by atoms with Crippen molar-refractivity contribution in [1.29, 1.82) is 0 Å². The molecule has 0 bridgehead atoms. The summed E-state index contributed by atoms with van der Waals surface area (Å²) >= 11 is 0. The average Bonchev–Trinajstić information content (AvgIpc) is 2.49. The first-order valence-electron chi connectivity index (χ1n) is 7.74. The number of piperidine rings is 1. The van der Waals surface area contributed by atoms with Crippen LogP contribution in [0, 0.1) is 5.92 Å². The molecule has 1 aromatic rings. The minimum atomic E-state index is 0.763. The predicted molar refractivity (Wildman–Crippen MR) is 82.0 cm³/mol. The Bertz CT molecular complexity index is 391. The number of rotatable bonds is 7. The molecule has 20 heavy (non-hydrogen) atoms. The van der Waals surface area contributed by atoms with Crippen LogP contribution < -0.4 is 10.1 Å². The van der Waals surface area contributed by atoms with Gasteiger partial charge in [-0.1, -0.05) is 13.0 Å². The lowest BCUT2D eigenvalue weighted by atomic mass is 9.97. The van der Waals surface area contributed by atoms with Crippen LogP contribution in [-0.4, -0.2) is 43.2 Å². The van der Waals surface area contributed by atoms with E-state index in [1.807, 2.05) is 6.07 Å². The average molecular weight is 277 g/mol. The van der Waals surface area contributed by atoms with Crippen molar-refractivity contribution in [3.05, 3.63) is 23.9 Å². The summed E-state index contributed by atoms with van der Waals surface area (Å²) in [5.74, 6) is 1.59. The zero-order valence-electron chi connectivity index (χ0n) is 12.8. The summed E-state index contributed by atoms with van der Waals surface area (Å²) in [6.45, 7) is 7.85. The Morgan fingerprint density at radius 2 is 2.20 bits per heavy atom. The third-order valence-electron chi connectivity index (χ3n) is 3.95. The molecule has 0 radical (unpaired) electrons. The van der Waals surface area contributed by atoms with Crippen LogP contribution in [0.3, 0.4) is 0 Å². The van der Waals surface area contributed by atoms with Crippen molar-refractivity contribution < 1.29 is 4.74 Å². The summed E-state index contributed by atoms with van der Waals surface area (Å²) < 4.78 is 5.37. The number of nitrogens with zero attached hydrogens (tertiary/aromatic N) is 2. The fraction of sp³-hybridized carbons (Fsp3) is 0.688. The Labute approximate surface area is 122 Å². The summed E-state index contributed by atoms with van der Waals surface area (Å²) in [4.78, 5) is 6.85. The van der Waals surface area contributed by atoms with Gasteiger partial charge >= 0.3 is 0 Å². The second-order valence-electron chi connectivity index (χ2n) is 5.60. The number of ether oxygens (including phenoxy) is 1. The van der Waals surface area contributed by atoms with Crippen molar-refractivity contribution in [3.63, 3.8) is 0 Å². The van der Waals surface area contributed by atoms with Gasteiger partial charge in [-0.05, 0) is 50.9 Å². The third kappa shape index (κ3) is 4.46. The van der Waals surface area contributed by atoms with Crippen molar-refractivity contribution >= 4 is 0 Å². The molecule has 112 valence electrons. The molecular formula is C16H27N3O. The van der Waals surface area contributed by atoms with Crippen molar-refractivity contribution in [2.45, 2.75) is 32.7 Å². The second kappa shape index (κ2) is 8.22. The van der Waals surface area contributed by atoms with E-state index in [9.17, 15) is 0 Å². The van der Waals surface area contributed by atoms with Gasteiger partial charge in [0.2, 0.25) is 5.88 Å². The molecular weight excluding hydrogens is 250 g/mol. The minimum absolute atomic E-state index is 0.763. The predicted octanol–water partition coefficient (Wildman–Crippen LogP) is 2.30. The maximum atomic E-state index is 5.37. The normalized spacial score (nSPS) is 16.6. The SMILES string of the molecule is CCCN(Cc1cccnc1OC)CC1CCNCC1. The van der Waals surface area contributed by atoms with Gasteiger partial charge < -0.3 is 10.1 Å². The van der Waals surface area contributed by atoms with E-state index in [0.717, 1.165) is 24.9 Å². The zero-order chi connectivity index (χ0) is 14.2. The number of methoxy groups -OCH3 is 1. The lowest BCUT2D eigenvalue weighted by Gasteiger charge is -2.30. The first-order valence-corrected chi connectivity index (χ1v) is 7.74. The topological polar surface area (TPSA) is 37.4 Å². The lowest BCUT2D eigenvalue weighted by molar-refractivity contribution is 0.196. The summed E-state index contributed by atoms with van der Waals surface area (Å²) in [6.07, 6.45) is 5.57. The highest BCUT2D eigenvalue weighted by atomic mass is 16.5. The van der Waals surface area contributed by atoms with Crippen LogP contribution in [0.25, 0.3) is 0 Å². The maximum Gasteiger partial charge on any atom is 0.217 e. The molecule has 1 aliphatic rings. The van der Waals surface area contributed by atoms with Crippen LogP contribution in [0.4, 0.5) is 0 Å². The zero-order valence-corrected chi connectivity index (χ0v) is 12.8. The van der Waals surface area contributed by atoms with Crippen molar-refractivity contribution in [2.24, 2.45) is 5.92 Å². The van der Waals surface area contributed by atoms with E-state index in [4.69, 9.17) is 4.74 Å². The number of hydrogen-bond acceptors (Lipinski definition) is 4. The molecule has 1 N–H and O–H groups in total. The highest BCUT2D eigenvalue weighted by Gasteiger charge is 2.18. The Morgan fingerprint density at radius 1 is 1.40 bits per heavy atom. The van der Waals surface area contributed by atoms with Crippen LogP contribution in [0.1, 0.15) is 31.7 Å². The number of aromatic nitrogens is 1. The number of nitrogens with one attached hydrogen (secondary N) is 1. The van der Waals surface area contributed by atoms with E-state index in [2.05, 4.69) is 28.2 Å². The largest absolute Gasteiger partial charge is 0.481 e. The molecule has 0 aliphatic carbocycles. The van der Waals surface area contributed by atoms with E-state index in [1.54, 1.807) is 13.3 Å². The maximum absolute atomic E-state index is 5.37. The van der Waals surface area contributed by atoms with Crippen LogP contribution in [0.15, 0.2) is 18.3 Å². The molecule has 0 unspecified atom stereocenters. The van der Waals surface area contributed by atoms with Crippen LogP contribution in [-0.2, 0) is 6.54 Å². The van der Waals surface area contributed by atoms with Crippen molar-refractivity contribution in [1.82, 2.24) is 15.2 Å². The Kier molecular flexibility index (Phi) is 6.27. The lowest BCUT2D eigenvalue weighted by Crippen LogP contribution is -2.36. The second-order valence-corrected chi connectivity index (χ2v) is 5.60. The van der Waals surface area contributed by atoms with Gasteiger partial charge in [-0.3, -0.25) is 4.90 Å². The Hall–Kier alpha value is -1.13. The van der Waals surface area contributed by atoms with Gasteiger partial charge in [0.25, 0.3) is 0 Å². The standard InChI is InChI=1S/C16H27N3O/c1-3-11-19(12-14-6-9-17-10-7-14)13-15-5-4-8-18-16(15)20-2/h4-5,8,14,17H,3,6-7,9-13H2,1-2H3. The van der Waals surface area contributed by atoms with Gasteiger partial charge in [-0.25, -0.2) is 4.98 Å². The van der Waals surface area contributed by atoms with Gasteiger partial charge in [0, 0.05) is 24.8 Å². The molecule has 4 heteroatoms. The van der Waals surface area contributed by atoms with E-state index in [-0.39, 0.29) is 0 Å². The van der Waals surface area contributed by atoms with Gasteiger partial charge in [0.15, 0.2) is 0 Å². The summed E-state index contributed by atoms with van der Waals surface area (Å²) in [7, 11) is 1.70. The monoisotopic (exact) mass is 277 g/mol. The van der Waals surface area contributed by atoms with Gasteiger partial charge in [0.05, 0.1) is 7.11 Å². The third-order valence-corrected chi connectivity index (χ3v) is 3.95. The summed E-state index contributed by atoms with van der Waals surface area (Å²) in [5, 5.41) is 3.44. The van der Waals surface area contributed by atoms with Crippen LogP contribution in [0.2, 0.25) is 0 Å². The summed E-state index contributed by atoms with van der Waals surface area (Å²) in [6, 6.07) is 4.11. The first kappa shape index (κ1) is 15.3. The van der Waals surface area contributed by atoms with Gasteiger partial charge in [0.1, 0.15) is 0 Å². The molecule has 0 aromatic carbocycles. The van der Waals surface area contributed by atoms with Crippen molar-refractivity contribution in [2.75, 3.05) is 33.3 Å². The number of pyridine rings is 1. The molecule has 1 fully saturated rings. The molecule has 1 aliphatic heterocycles.